The Bertz CT molecular complexity index is 756. The van der Waals surface area contributed by atoms with Crippen molar-refractivity contribution in [3.05, 3.63) is 36.2 Å². The monoisotopic (exact) mass is 331 g/mol. The smallest absolute Gasteiger partial charge is 0.360 e. The average Bonchev–Trinajstić information content (AvgIpc) is 2.95. The molecule has 0 atom stereocenters. The Morgan fingerprint density at radius 1 is 1.21 bits per heavy atom. The Morgan fingerprint density at radius 2 is 1.92 bits per heavy atom. The molecule has 0 spiro atoms. The van der Waals surface area contributed by atoms with Gasteiger partial charge in [0, 0.05) is 18.3 Å². The Morgan fingerprint density at radius 3 is 2.58 bits per heavy atom. The maximum Gasteiger partial charge on any atom is 0.360 e. The third-order valence-corrected chi connectivity index (χ3v) is 2.80. The van der Waals surface area contributed by atoms with Crippen molar-refractivity contribution in [1.82, 2.24) is 15.0 Å². The summed E-state index contributed by atoms with van der Waals surface area (Å²) in [5, 5.41) is 12.7. The van der Waals surface area contributed by atoms with Crippen LogP contribution in [0.25, 0.3) is 0 Å². The number of ether oxygens (including phenoxy) is 1. The van der Waals surface area contributed by atoms with E-state index in [1.807, 2.05) is 0 Å². The second-order valence-corrected chi connectivity index (χ2v) is 4.83. The van der Waals surface area contributed by atoms with Gasteiger partial charge in [-0.25, -0.2) is 9.48 Å². The highest BCUT2D eigenvalue weighted by Crippen LogP contribution is 2.15. The van der Waals surface area contributed by atoms with Crippen LogP contribution in [0, 0.1) is 0 Å². The molecule has 0 aliphatic heterocycles. The first-order valence-electron chi connectivity index (χ1n) is 7.22. The van der Waals surface area contributed by atoms with E-state index < -0.39 is 5.97 Å². The minimum absolute atomic E-state index is 0.0392. The molecule has 1 aromatic carbocycles. The second kappa shape index (κ2) is 7.86. The number of aromatic nitrogens is 3. The van der Waals surface area contributed by atoms with Gasteiger partial charge in [0.05, 0.1) is 12.8 Å². The summed E-state index contributed by atoms with van der Waals surface area (Å²) in [6.07, 6.45) is 1.34. The first kappa shape index (κ1) is 17.1. The normalized spacial score (nSPS) is 10.1. The fourth-order valence-corrected chi connectivity index (χ4v) is 1.90. The predicted molar refractivity (Wildman–Crippen MR) is 85.4 cm³/mol. The van der Waals surface area contributed by atoms with Crippen molar-refractivity contribution in [2.75, 3.05) is 17.2 Å². The second-order valence-electron chi connectivity index (χ2n) is 4.83. The fourth-order valence-electron chi connectivity index (χ4n) is 1.90. The van der Waals surface area contributed by atoms with Crippen molar-refractivity contribution in [1.29, 1.82) is 0 Å². The summed E-state index contributed by atoms with van der Waals surface area (Å²) in [4.78, 5) is 34.5. The van der Waals surface area contributed by atoms with Gasteiger partial charge in [-0.1, -0.05) is 11.3 Å². The van der Waals surface area contributed by atoms with Gasteiger partial charge in [-0.3, -0.25) is 9.59 Å². The number of nitrogens with zero attached hydrogens (tertiary/aromatic N) is 3. The lowest BCUT2D eigenvalue weighted by molar-refractivity contribution is -0.117. The molecule has 1 aromatic heterocycles. The minimum Gasteiger partial charge on any atom is -0.461 e. The number of nitrogens with one attached hydrogen (secondary N) is 2. The number of carbonyl (C=O) groups excluding carboxylic acids is 3. The van der Waals surface area contributed by atoms with E-state index in [9.17, 15) is 14.4 Å². The first-order chi connectivity index (χ1) is 11.5. The molecule has 9 heteroatoms. The molecule has 0 radical (unpaired) electrons. The molecular formula is C15H17N5O4. The number of carbonyl (C=O) groups is 3. The lowest BCUT2D eigenvalue weighted by Crippen LogP contribution is -2.19. The highest BCUT2D eigenvalue weighted by molar-refractivity contribution is 5.93. The zero-order valence-corrected chi connectivity index (χ0v) is 13.3. The van der Waals surface area contributed by atoms with Crippen LogP contribution in [-0.4, -0.2) is 39.4 Å². The molecule has 0 unspecified atom stereocenters. The molecule has 2 aromatic rings. The molecule has 0 saturated heterocycles. The molecule has 126 valence electrons. The van der Waals surface area contributed by atoms with Crippen LogP contribution in [0.1, 0.15) is 24.3 Å². The van der Waals surface area contributed by atoms with Gasteiger partial charge >= 0.3 is 5.97 Å². The maximum atomic E-state index is 12.0. The zero-order chi connectivity index (χ0) is 17.5. The van der Waals surface area contributed by atoms with E-state index in [0.29, 0.717) is 11.4 Å². The van der Waals surface area contributed by atoms with E-state index >= 15 is 0 Å². The van der Waals surface area contributed by atoms with E-state index in [1.54, 1.807) is 31.2 Å². The lowest BCUT2D eigenvalue weighted by atomic mass is 10.2. The van der Waals surface area contributed by atoms with Crippen molar-refractivity contribution in [3.8, 4) is 0 Å². The topological polar surface area (TPSA) is 115 Å². The van der Waals surface area contributed by atoms with Crippen LogP contribution < -0.4 is 10.6 Å². The summed E-state index contributed by atoms with van der Waals surface area (Å²) in [5.74, 6) is -1.14. The molecule has 24 heavy (non-hydrogen) atoms. The van der Waals surface area contributed by atoms with Crippen LogP contribution in [0.3, 0.4) is 0 Å². The summed E-state index contributed by atoms with van der Waals surface area (Å²) in [7, 11) is 0. The molecule has 2 amide bonds. The van der Waals surface area contributed by atoms with Crippen molar-refractivity contribution < 1.29 is 19.1 Å². The van der Waals surface area contributed by atoms with Crippen LogP contribution in [0.2, 0.25) is 0 Å². The largest absolute Gasteiger partial charge is 0.461 e. The standard InChI is InChI=1S/C15H17N5O4/c1-3-24-15(23)13-8-20(19-18-13)9-14(22)17-12-6-4-5-11(7-12)16-10(2)21/h4-8H,3,9H2,1-2H3,(H,16,21)(H,17,22). The number of rotatable bonds is 6. The van der Waals surface area contributed by atoms with Crippen molar-refractivity contribution >= 4 is 29.2 Å². The quantitative estimate of drug-likeness (QED) is 0.765. The molecule has 1 heterocycles. The Labute approximate surface area is 138 Å². The molecule has 2 rings (SSSR count). The van der Waals surface area contributed by atoms with Gasteiger partial charge in [0.1, 0.15) is 6.54 Å². The number of hydrogen-bond acceptors (Lipinski definition) is 6. The summed E-state index contributed by atoms with van der Waals surface area (Å²) in [5.41, 5.74) is 1.14. The summed E-state index contributed by atoms with van der Waals surface area (Å²) in [6, 6.07) is 6.73. The predicted octanol–water partition coefficient (Wildman–Crippen LogP) is 1.05. The molecular weight excluding hydrogens is 314 g/mol. The molecule has 0 aliphatic rings. The number of hydrogen-bond donors (Lipinski definition) is 2. The van der Waals surface area contributed by atoms with Gasteiger partial charge in [-0.05, 0) is 25.1 Å². The zero-order valence-electron chi connectivity index (χ0n) is 13.3. The average molecular weight is 331 g/mol. The summed E-state index contributed by atoms with van der Waals surface area (Å²) in [6.45, 7) is 3.20. The van der Waals surface area contributed by atoms with Crippen LogP contribution in [0.4, 0.5) is 11.4 Å². The minimum atomic E-state index is -0.591. The van der Waals surface area contributed by atoms with Crippen molar-refractivity contribution in [2.24, 2.45) is 0 Å². The number of esters is 1. The van der Waals surface area contributed by atoms with Crippen LogP contribution in [0.5, 0.6) is 0 Å². The Balaban J connectivity index is 1.96. The summed E-state index contributed by atoms with van der Waals surface area (Å²) < 4.78 is 6.03. The maximum absolute atomic E-state index is 12.0. The van der Waals surface area contributed by atoms with Crippen molar-refractivity contribution in [2.45, 2.75) is 20.4 Å². The third-order valence-electron chi connectivity index (χ3n) is 2.80. The molecule has 0 saturated carbocycles. The fraction of sp³-hybridized carbons (Fsp3) is 0.267. The van der Waals surface area contributed by atoms with Crippen LogP contribution in [0.15, 0.2) is 30.5 Å². The third kappa shape index (κ3) is 4.90. The van der Waals surface area contributed by atoms with Gasteiger partial charge in [0.15, 0.2) is 5.69 Å². The van der Waals surface area contributed by atoms with Gasteiger partial charge in [-0.15, -0.1) is 5.10 Å². The van der Waals surface area contributed by atoms with E-state index in [2.05, 4.69) is 20.9 Å². The Hall–Kier alpha value is -3.23. The molecule has 0 fully saturated rings. The van der Waals surface area contributed by atoms with Gasteiger partial charge in [0.2, 0.25) is 11.8 Å². The lowest BCUT2D eigenvalue weighted by Gasteiger charge is -2.07. The summed E-state index contributed by atoms with van der Waals surface area (Å²) >= 11 is 0. The first-order valence-corrected chi connectivity index (χ1v) is 7.22. The van der Waals surface area contributed by atoms with Gasteiger partial charge < -0.3 is 15.4 Å². The molecule has 9 nitrogen and oxygen atoms in total. The highest BCUT2D eigenvalue weighted by atomic mass is 16.5. The Kier molecular flexibility index (Phi) is 5.61. The molecule has 0 aliphatic carbocycles. The SMILES string of the molecule is CCOC(=O)c1cn(CC(=O)Nc2cccc(NC(C)=O)c2)nn1. The number of benzene rings is 1. The van der Waals surface area contributed by atoms with Crippen molar-refractivity contribution in [3.63, 3.8) is 0 Å². The van der Waals surface area contributed by atoms with E-state index in [1.165, 1.54) is 17.8 Å². The van der Waals surface area contributed by atoms with Crippen LogP contribution in [-0.2, 0) is 20.9 Å². The van der Waals surface area contributed by atoms with Gasteiger partial charge in [0.25, 0.3) is 0 Å². The number of amides is 2. The van der Waals surface area contributed by atoms with E-state index in [0.717, 1.165) is 0 Å². The van der Waals surface area contributed by atoms with E-state index in [4.69, 9.17) is 4.74 Å². The molecule has 2 N–H and O–H groups in total. The van der Waals surface area contributed by atoms with Gasteiger partial charge in [-0.2, -0.15) is 0 Å². The van der Waals surface area contributed by atoms with E-state index in [-0.39, 0.29) is 30.7 Å². The van der Waals surface area contributed by atoms with Crippen LogP contribution >= 0.6 is 0 Å². The molecule has 0 bridgehead atoms. The highest BCUT2D eigenvalue weighted by Gasteiger charge is 2.13. The number of anilines is 2.